The molecule has 104 valence electrons. The number of hydrogen-bond acceptors (Lipinski definition) is 4. The minimum absolute atomic E-state index is 0.167. The van der Waals surface area contributed by atoms with Crippen molar-refractivity contribution in [3.63, 3.8) is 0 Å². The molecule has 1 fully saturated rings. The number of carbonyl (C=O) groups excluding carboxylic acids is 1. The predicted octanol–water partition coefficient (Wildman–Crippen LogP) is 2.08. The second-order valence-corrected chi connectivity index (χ2v) is 4.95. The van der Waals surface area contributed by atoms with E-state index in [9.17, 15) is 4.79 Å². The lowest BCUT2D eigenvalue weighted by atomic mass is 9.93. The number of hydrogen-bond donors (Lipinski definition) is 1. The van der Waals surface area contributed by atoms with Gasteiger partial charge in [0.05, 0.1) is 6.20 Å². The van der Waals surface area contributed by atoms with Crippen LogP contribution < -0.4 is 10.1 Å². The lowest BCUT2D eigenvalue weighted by Gasteiger charge is -2.29. The third-order valence-corrected chi connectivity index (χ3v) is 3.34. The SMILES string of the molecule is CCCC(=O)NC1CCC(Oc2cnccn2)CC1. The van der Waals surface area contributed by atoms with Crippen molar-refractivity contribution in [3.8, 4) is 5.88 Å². The summed E-state index contributed by atoms with van der Waals surface area (Å²) in [6, 6.07) is 0.306. The first kappa shape index (κ1) is 13.8. The average Bonchev–Trinajstić information content (AvgIpc) is 2.42. The number of nitrogens with one attached hydrogen (secondary N) is 1. The highest BCUT2D eigenvalue weighted by molar-refractivity contribution is 5.76. The lowest BCUT2D eigenvalue weighted by Crippen LogP contribution is -2.39. The van der Waals surface area contributed by atoms with Crippen molar-refractivity contribution < 1.29 is 9.53 Å². The van der Waals surface area contributed by atoms with Crippen LogP contribution in [0.1, 0.15) is 45.4 Å². The molecule has 0 atom stereocenters. The average molecular weight is 263 g/mol. The number of aromatic nitrogens is 2. The highest BCUT2D eigenvalue weighted by Crippen LogP contribution is 2.22. The van der Waals surface area contributed by atoms with Gasteiger partial charge in [0.2, 0.25) is 11.8 Å². The van der Waals surface area contributed by atoms with Gasteiger partial charge in [0, 0.05) is 24.9 Å². The van der Waals surface area contributed by atoms with Gasteiger partial charge in [0.25, 0.3) is 0 Å². The molecule has 2 rings (SSSR count). The van der Waals surface area contributed by atoms with Crippen molar-refractivity contribution in [1.82, 2.24) is 15.3 Å². The third-order valence-electron chi connectivity index (χ3n) is 3.34. The van der Waals surface area contributed by atoms with E-state index in [4.69, 9.17) is 4.74 Å². The number of rotatable bonds is 5. The Bertz CT molecular complexity index is 389. The van der Waals surface area contributed by atoms with Crippen LogP contribution in [0.4, 0.5) is 0 Å². The fraction of sp³-hybridized carbons (Fsp3) is 0.643. The Kier molecular flexibility index (Phi) is 5.12. The zero-order valence-electron chi connectivity index (χ0n) is 11.3. The van der Waals surface area contributed by atoms with Crippen molar-refractivity contribution in [2.75, 3.05) is 0 Å². The normalized spacial score (nSPS) is 22.8. The van der Waals surface area contributed by atoms with Gasteiger partial charge >= 0.3 is 0 Å². The Morgan fingerprint density at radius 1 is 1.37 bits per heavy atom. The maximum atomic E-state index is 11.5. The van der Waals surface area contributed by atoms with E-state index in [1.54, 1.807) is 18.6 Å². The molecule has 19 heavy (non-hydrogen) atoms. The van der Waals surface area contributed by atoms with E-state index in [1.807, 2.05) is 6.92 Å². The monoisotopic (exact) mass is 263 g/mol. The fourth-order valence-electron chi connectivity index (χ4n) is 2.37. The quantitative estimate of drug-likeness (QED) is 0.883. The smallest absolute Gasteiger partial charge is 0.232 e. The molecule has 1 N–H and O–H groups in total. The molecule has 0 spiro atoms. The van der Waals surface area contributed by atoms with Crippen molar-refractivity contribution in [1.29, 1.82) is 0 Å². The van der Waals surface area contributed by atoms with Crippen LogP contribution in [0.15, 0.2) is 18.6 Å². The van der Waals surface area contributed by atoms with Crippen LogP contribution in [-0.4, -0.2) is 28.0 Å². The molecular formula is C14H21N3O2. The molecule has 1 aromatic rings. The van der Waals surface area contributed by atoms with Gasteiger partial charge in [-0.05, 0) is 32.1 Å². The Balaban J connectivity index is 1.72. The van der Waals surface area contributed by atoms with Gasteiger partial charge in [0.15, 0.2) is 0 Å². The van der Waals surface area contributed by atoms with Gasteiger partial charge in [-0.25, -0.2) is 4.98 Å². The molecule has 0 bridgehead atoms. The Morgan fingerprint density at radius 3 is 2.79 bits per heavy atom. The predicted molar refractivity (Wildman–Crippen MR) is 71.8 cm³/mol. The van der Waals surface area contributed by atoms with Crippen LogP contribution in [0.5, 0.6) is 5.88 Å². The molecule has 5 heteroatoms. The Morgan fingerprint density at radius 2 is 2.16 bits per heavy atom. The van der Waals surface area contributed by atoms with Crippen molar-refractivity contribution in [3.05, 3.63) is 18.6 Å². The van der Waals surface area contributed by atoms with Gasteiger partial charge in [-0.2, -0.15) is 0 Å². The molecular weight excluding hydrogens is 242 g/mol. The van der Waals surface area contributed by atoms with Crippen molar-refractivity contribution in [2.45, 2.75) is 57.6 Å². The van der Waals surface area contributed by atoms with Crippen LogP contribution in [0.25, 0.3) is 0 Å². The molecule has 0 unspecified atom stereocenters. The van der Waals surface area contributed by atoms with Crippen LogP contribution >= 0.6 is 0 Å². The molecule has 0 aliphatic heterocycles. The first-order valence-electron chi connectivity index (χ1n) is 7.00. The highest BCUT2D eigenvalue weighted by Gasteiger charge is 2.23. The molecule has 1 saturated carbocycles. The molecule has 1 aliphatic carbocycles. The summed E-state index contributed by atoms with van der Waals surface area (Å²) in [6.45, 7) is 2.02. The molecule has 0 saturated heterocycles. The van der Waals surface area contributed by atoms with E-state index >= 15 is 0 Å². The van der Waals surface area contributed by atoms with Crippen LogP contribution in [0.3, 0.4) is 0 Å². The fourth-order valence-corrected chi connectivity index (χ4v) is 2.37. The summed E-state index contributed by atoms with van der Waals surface area (Å²) in [4.78, 5) is 19.6. The molecule has 1 amide bonds. The van der Waals surface area contributed by atoms with E-state index in [0.29, 0.717) is 18.3 Å². The number of carbonyl (C=O) groups is 1. The lowest BCUT2D eigenvalue weighted by molar-refractivity contribution is -0.122. The molecule has 0 radical (unpaired) electrons. The van der Waals surface area contributed by atoms with Crippen molar-refractivity contribution in [2.24, 2.45) is 0 Å². The van der Waals surface area contributed by atoms with Gasteiger partial charge < -0.3 is 10.1 Å². The summed E-state index contributed by atoms with van der Waals surface area (Å²) in [7, 11) is 0. The largest absolute Gasteiger partial charge is 0.473 e. The summed E-state index contributed by atoms with van der Waals surface area (Å²) >= 11 is 0. The second kappa shape index (κ2) is 7.07. The summed E-state index contributed by atoms with van der Waals surface area (Å²) in [6.07, 6.45) is 10.5. The topological polar surface area (TPSA) is 64.1 Å². The summed E-state index contributed by atoms with van der Waals surface area (Å²) in [5.74, 6) is 0.752. The summed E-state index contributed by atoms with van der Waals surface area (Å²) in [5, 5.41) is 3.08. The maximum Gasteiger partial charge on any atom is 0.232 e. The standard InChI is InChI=1S/C14H21N3O2/c1-2-3-13(18)17-11-4-6-12(7-5-11)19-14-10-15-8-9-16-14/h8-12H,2-7H2,1H3,(H,17,18). The Hall–Kier alpha value is -1.65. The van der Waals surface area contributed by atoms with E-state index in [1.165, 1.54) is 0 Å². The van der Waals surface area contributed by atoms with E-state index in [-0.39, 0.29) is 12.0 Å². The van der Waals surface area contributed by atoms with E-state index in [0.717, 1.165) is 32.1 Å². The van der Waals surface area contributed by atoms with Crippen LogP contribution in [-0.2, 0) is 4.79 Å². The van der Waals surface area contributed by atoms with E-state index in [2.05, 4.69) is 15.3 Å². The van der Waals surface area contributed by atoms with Gasteiger partial charge in [-0.15, -0.1) is 0 Å². The molecule has 1 aliphatic rings. The molecule has 0 aromatic carbocycles. The molecule has 5 nitrogen and oxygen atoms in total. The highest BCUT2D eigenvalue weighted by atomic mass is 16.5. The van der Waals surface area contributed by atoms with Gasteiger partial charge in [0.1, 0.15) is 6.10 Å². The second-order valence-electron chi connectivity index (χ2n) is 4.95. The zero-order valence-corrected chi connectivity index (χ0v) is 11.3. The minimum atomic E-state index is 0.167. The van der Waals surface area contributed by atoms with Gasteiger partial charge in [-0.1, -0.05) is 6.92 Å². The van der Waals surface area contributed by atoms with Gasteiger partial charge in [-0.3, -0.25) is 9.78 Å². The maximum absolute atomic E-state index is 11.5. The van der Waals surface area contributed by atoms with Crippen molar-refractivity contribution >= 4 is 5.91 Å². The number of nitrogens with zero attached hydrogens (tertiary/aromatic N) is 2. The first-order chi connectivity index (χ1) is 9.28. The van der Waals surface area contributed by atoms with Crippen LogP contribution in [0.2, 0.25) is 0 Å². The zero-order chi connectivity index (χ0) is 13.5. The summed E-state index contributed by atoms with van der Waals surface area (Å²) in [5.41, 5.74) is 0. The Labute approximate surface area is 113 Å². The molecule has 1 aromatic heterocycles. The molecule has 1 heterocycles. The third kappa shape index (κ3) is 4.50. The van der Waals surface area contributed by atoms with E-state index < -0.39 is 0 Å². The summed E-state index contributed by atoms with van der Waals surface area (Å²) < 4.78 is 5.77. The number of amides is 1. The first-order valence-corrected chi connectivity index (χ1v) is 7.00. The van der Waals surface area contributed by atoms with Crippen LogP contribution in [0, 0.1) is 0 Å². The minimum Gasteiger partial charge on any atom is -0.473 e. The number of ether oxygens (including phenoxy) is 1.